The normalized spacial score (nSPS) is 11.9. The van der Waals surface area contributed by atoms with Gasteiger partial charge < -0.3 is 9.84 Å². The van der Waals surface area contributed by atoms with Crippen molar-refractivity contribution in [1.29, 1.82) is 0 Å². The van der Waals surface area contributed by atoms with Crippen LogP contribution < -0.4 is 10.1 Å². The van der Waals surface area contributed by atoms with Crippen LogP contribution in [0.4, 0.5) is 0 Å². The molecule has 0 aliphatic carbocycles. The first-order valence-electron chi connectivity index (χ1n) is 6.93. The van der Waals surface area contributed by atoms with Crippen molar-refractivity contribution >= 4 is 5.97 Å². The lowest BCUT2D eigenvalue weighted by atomic mass is 10.1. The molecule has 0 aliphatic heterocycles. The first-order chi connectivity index (χ1) is 10.2. The van der Waals surface area contributed by atoms with E-state index in [0.717, 1.165) is 11.3 Å². The summed E-state index contributed by atoms with van der Waals surface area (Å²) in [6.07, 6.45) is 0. The van der Waals surface area contributed by atoms with Gasteiger partial charge in [-0.15, -0.1) is 0 Å². The molecule has 0 heterocycles. The van der Waals surface area contributed by atoms with Crippen molar-refractivity contribution in [3.05, 3.63) is 65.7 Å². The maximum absolute atomic E-state index is 11.4. The molecule has 1 atom stereocenters. The van der Waals surface area contributed by atoms with E-state index in [1.165, 1.54) is 0 Å². The molecule has 2 rings (SSSR count). The van der Waals surface area contributed by atoms with Crippen LogP contribution in [0, 0.1) is 0 Å². The van der Waals surface area contributed by atoms with E-state index in [2.05, 4.69) is 5.32 Å². The number of carboxylic acids is 1. The van der Waals surface area contributed by atoms with E-state index in [1.807, 2.05) is 37.3 Å². The minimum Gasteiger partial charge on any atom is -0.494 e. The van der Waals surface area contributed by atoms with Gasteiger partial charge in [0.2, 0.25) is 0 Å². The third-order valence-electron chi connectivity index (χ3n) is 3.12. The molecule has 0 saturated carbocycles. The summed E-state index contributed by atoms with van der Waals surface area (Å²) >= 11 is 0. The summed E-state index contributed by atoms with van der Waals surface area (Å²) in [6, 6.07) is 16.1. The van der Waals surface area contributed by atoms with Gasteiger partial charge in [0.25, 0.3) is 0 Å². The highest BCUT2D eigenvalue weighted by atomic mass is 16.5. The van der Waals surface area contributed by atoms with E-state index in [1.54, 1.807) is 24.3 Å². The SMILES string of the molecule is CCOc1ccc(C(NCc2ccccc2)C(=O)O)cc1. The first kappa shape index (κ1) is 15.1. The number of hydrogen-bond donors (Lipinski definition) is 2. The standard InChI is InChI=1S/C17H19NO3/c1-2-21-15-10-8-14(9-11-15)16(17(19)20)18-12-13-6-4-3-5-7-13/h3-11,16,18H,2,12H2,1H3,(H,19,20). The molecule has 0 fully saturated rings. The molecular weight excluding hydrogens is 266 g/mol. The summed E-state index contributed by atoms with van der Waals surface area (Å²) in [7, 11) is 0. The Labute approximate surface area is 124 Å². The summed E-state index contributed by atoms with van der Waals surface area (Å²) in [5.41, 5.74) is 1.76. The molecule has 21 heavy (non-hydrogen) atoms. The zero-order valence-electron chi connectivity index (χ0n) is 12.0. The van der Waals surface area contributed by atoms with Crippen LogP contribution in [0.25, 0.3) is 0 Å². The van der Waals surface area contributed by atoms with E-state index < -0.39 is 12.0 Å². The second-order valence-electron chi connectivity index (χ2n) is 4.64. The number of aliphatic carboxylic acids is 1. The van der Waals surface area contributed by atoms with Crippen molar-refractivity contribution in [2.75, 3.05) is 6.61 Å². The Bertz CT molecular complexity index is 566. The van der Waals surface area contributed by atoms with Gasteiger partial charge in [-0.25, -0.2) is 0 Å². The molecule has 0 spiro atoms. The van der Waals surface area contributed by atoms with Crippen molar-refractivity contribution in [3.63, 3.8) is 0 Å². The zero-order valence-corrected chi connectivity index (χ0v) is 12.0. The molecule has 2 N–H and O–H groups in total. The lowest BCUT2D eigenvalue weighted by Crippen LogP contribution is -2.28. The van der Waals surface area contributed by atoms with Gasteiger partial charge in [0.15, 0.2) is 0 Å². The lowest BCUT2D eigenvalue weighted by molar-refractivity contribution is -0.139. The molecule has 2 aromatic carbocycles. The van der Waals surface area contributed by atoms with Crippen molar-refractivity contribution < 1.29 is 14.6 Å². The van der Waals surface area contributed by atoms with Crippen LogP contribution in [0.5, 0.6) is 5.75 Å². The average Bonchev–Trinajstić information content (AvgIpc) is 2.50. The molecule has 0 aromatic heterocycles. The van der Waals surface area contributed by atoms with Crippen molar-refractivity contribution in [3.8, 4) is 5.75 Å². The van der Waals surface area contributed by atoms with Gasteiger partial charge in [-0.2, -0.15) is 0 Å². The third kappa shape index (κ3) is 4.33. The Morgan fingerprint density at radius 3 is 2.38 bits per heavy atom. The van der Waals surface area contributed by atoms with E-state index >= 15 is 0 Å². The number of nitrogens with one attached hydrogen (secondary N) is 1. The predicted molar refractivity (Wildman–Crippen MR) is 81.3 cm³/mol. The highest BCUT2D eigenvalue weighted by molar-refractivity contribution is 5.75. The number of benzene rings is 2. The average molecular weight is 285 g/mol. The monoisotopic (exact) mass is 285 g/mol. The van der Waals surface area contributed by atoms with Crippen molar-refractivity contribution in [2.24, 2.45) is 0 Å². The Hall–Kier alpha value is -2.33. The number of carbonyl (C=O) groups is 1. The Balaban J connectivity index is 2.06. The van der Waals surface area contributed by atoms with E-state index in [4.69, 9.17) is 4.74 Å². The quantitative estimate of drug-likeness (QED) is 0.821. The number of rotatable bonds is 7. The molecule has 2 aromatic rings. The van der Waals surface area contributed by atoms with Crippen LogP contribution in [-0.4, -0.2) is 17.7 Å². The van der Waals surface area contributed by atoms with Gasteiger partial charge in [-0.3, -0.25) is 10.1 Å². The van der Waals surface area contributed by atoms with Gasteiger partial charge in [0.05, 0.1) is 6.61 Å². The Morgan fingerprint density at radius 2 is 1.81 bits per heavy atom. The molecule has 0 aliphatic rings. The smallest absolute Gasteiger partial charge is 0.325 e. The molecule has 0 amide bonds. The van der Waals surface area contributed by atoms with Crippen LogP contribution in [0.1, 0.15) is 24.1 Å². The van der Waals surface area contributed by atoms with Crippen LogP contribution in [-0.2, 0) is 11.3 Å². The van der Waals surface area contributed by atoms with E-state index in [9.17, 15) is 9.90 Å². The zero-order chi connectivity index (χ0) is 15.1. The van der Waals surface area contributed by atoms with Crippen LogP contribution in [0.2, 0.25) is 0 Å². The maximum atomic E-state index is 11.4. The second kappa shape index (κ2) is 7.45. The third-order valence-corrected chi connectivity index (χ3v) is 3.12. The van der Waals surface area contributed by atoms with Crippen molar-refractivity contribution in [1.82, 2.24) is 5.32 Å². The van der Waals surface area contributed by atoms with Gasteiger partial charge >= 0.3 is 5.97 Å². The highest BCUT2D eigenvalue weighted by Gasteiger charge is 2.18. The van der Waals surface area contributed by atoms with Crippen LogP contribution in [0.15, 0.2) is 54.6 Å². The first-order valence-corrected chi connectivity index (χ1v) is 6.93. The number of carboxylic acid groups (broad SMARTS) is 1. The number of ether oxygens (including phenoxy) is 1. The van der Waals surface area contributed by atoms with Gasteiger partial charge in [-0.1, -0.05) is 42.5 Å². The fourth-order valence-corrected chi connectivity index (χ4v) is 2.09. The topological polar surface area (TPSA) is 58.6 Å². The van der Waals surface area contributed by atoms with Crippen LogP contribution >= 0.6 is 0 Å². The van der Waals surface area contributed by atoms with Gasteiger partial charge in [-0.05, 0) is 30.2 Å². The predicted octanol–water partition coefficient (Wildman–Crippen LogP) is 3.00. The van der Waals surface area contributed by atoms with E-state index in [-0.39, 0.29) is 0 Å². The lowest BCUT2D eigenvalue weighted by Gasteiger charge is -2.15. The molecule has 0 saturated heterocycles. The van der Waals surface area contributed by atoms with Gasteiger partial charge in [0.1, 0.15) is 11.8 Å². The van der Waals surface area contributed by atoms with Gasteiger partial charge in [0, 0.05) is 6.54 Å². The van der Waals surface area contributed by atoms with Crippen molar-refractivity contribution in [2.45, 2.75) is 19.5 Å². The molecule has 110 valence electrons. The summed E-state index contributed by atoms with van der Waals surface area (Å²) in [5.74, 6) is -0.150. The molecular formula is C17H19NO3. The Kier molecular flexibility index (Phi) is 5.35. The maximum Gasteiger partial charge on any atom is 0.325 e. The minimum absolute atomic E-state index is 0.505. The fourth-order valence-electron chi connectivity index (χ4n) is 2.09. The summed E-state index contributed by atoms with van der Waals surface area (Å²) < 4.78 is 5.36. The second-order valence-corrected chi connectivity index (χ2v) is 4.64. The molecule has 4 heteroatoms. The van der Waals surface area contributed by atoms with Crippen LogP contribution in [0.3, 0.4) is 0 Å². The van der Waals surface area contributed by atoms with E-state index in [0.29, 0.717) is 18.7 Å². The summed E-state index contributed by atoms with van der Waals surface area (Å²) in [5, 5.41) is 12.4. The highest BCUT2D eigenvalue weighted by Crippen LogP contribution is 2.19. The molecule has 1 unspecified atom stereocenters. The number of hydrogen-bond acceptors (Lipinski definition) is 3. The summed E-state index contributed by atoms with van der Waals surface area (Å²) in [4.78, 5) is 11.4. The molecule has 0 radical (unpaired) electrons. The molecule has 4 nitrogen and oxygen atoms in total. The summed E-state index contributed by atoms with van der Waals surface area (Å²) in [6.45, 7) is 3.01. The largest absolute Gasteiger partial charge is 0.494 e. The fraction of sp³-hybridized carbons (Fsp3) is 0.235. The Morgan fingerprint density at radius 1 is 1.14 bits per heavy atom. The molecule has 0 bridgehead atoms. The minimum atomic E-state index is -0.893.